The molecule has 39 heavy (non-hydrogen) atoms. The molecule has 4 aromatic rings. The maximum Gasteiger partial charge on any atom is 0.316 e. The van der Waals surface area contributed by atoms with Gasteiger partial charge in [0.1, 0.15) is 12.3 Å². The van der Waals surface area contributed by atoms with Crippen molar-refractivity contribution in [2.75, 3.05) is 31.1 Å². The second-order valence-corrected chi connectivity index (χ2v) is 12.4. The number of sulfonamides is 1. The Morgan fingerprint density at radius 2 is 1.77 bits per heavy atom. The first-order chi connectivity index (χ1) is 18.7. The first kappa shape index (κ1) is 26.9. The van der Waals surface area contributed by atoms with Crippen molar-refractivity contribution in [2.45, 2.75) is 25.7 Å². The SMILES string of the molecule is CC(C)S(=O)(=O)N1CCN(c2cnn(-c3cccc(Cl)c3)c(=O)c2OCc2ccc(-n3ccnc3)cc2)CC1. The van der Waals surface area contributed by atoms with E-state index in [0.29, 0.717) is 42.6 Å². The monoisotopic (exact) mass is 568 g/mol. The Hall–Kier alpha value is -3.67. The zero-order valence-electron chi connectivity index (χ0n) is 21.6. The largest absolute Gasteiger partial charge is 0.481 e. The van der Waals surface area contributed by atoms with Gasteiger partial charge in [-0.1, -0.05) is 29.8 Å². The fraction of sp³-hybridized carbons (Fsp3) is 0.296. The van der Waals surface area contributed by atoms with Gasteiger partial charge in [-0.25, -0.2) is 13.4 Å². The molecule has 204 valence electrons. The summed E-state index contributed by atoms with van der Waals surface area (Å²) in [5.74, 6) is 0.142. The number of imidazole rings is 1. The van der Waals surface area contributed by atoms with E-state index in [2.05, 4.69) is 10.1 Å². The Morgan fingerprint density at radius 3 is 2.41 bits per heavy atom. The van der Waals surface area contributed by atoms with Crippen molar-refractivity contribution in [3.05, 3.63) is 94.4 Å². The molecule has 2 aromatic heterocycles. The minimum absolute atomic E-state index is 0.142. The smallest absolute Gasteiger partial charge is 0.316 e. The zero-order chi connectivity index (χ0) is 27.6. The zero-order valence-corrected chi connectivity index (χ0v) is 23.2. The van der Waals surface area contributed by atoms with Crippen molar-refractivity contribution in [3.8, 4) is 17.1 Å². The molecule has 1 aliphatic heterocycles. The summed E-state index contributed by atoms with van der Waals surface area (Å²) >= 11 is 6.16. The molecule has 2 aromatic carbocycles. The van der Waals surface area contributed by atoms with E-state index < -0.39 is 20.8 Å². The standard InChI is InChI=1S/C27H29ClN6O4S/c1-20(2)39(36,37)33-14-12-31(13-15-33)25-17-30-34(24-5-3-4-22(28)16-24)27(35)26(25)38-18-21-6-8-23(9-7-21)32-11-10-29-19-32/h3-11,16-17,19-20H,12-15,18H2,1-2H3. The molecule has 12 heteroatoms. The second kappa shape index (κ2) is 11.2. The average molecular weight is 569 g/mol. The molecule has 1 fully saturated rings. The van der Waals surface area contributed by atoms with Crippen molar-refractivity contribution in [1.82, 2.24) is 23.6 Å². The highest BCUT2D eigenvalue weighted by Crippen LogP contribution is 2.27. The quantitative estimate of drug-likeness (QED) is 0.320. The van der Waals surface area contributed by atoms with Crippen LogP contribution in [0.3, 0.4) is 0 Å². The normalized spacial score (nSPS) is 14.6. The summed E-state index contributed by atoms with van der Waals surface area (Å²) < 4.78 is 36.1. The number of ether oxygens (including phenoxy) is 1. The lowest BCUT2D eigenvalue weighted by atomic mass is 10.2. The lowest BCUT2D eigenvalue weighted by Gasteiger charge is -2.36. The molecule has 1 saturated heterocycles. The maximum atomic E-state index is 13.7. The van der Waals surface area contributed by atoms with Gasteiger partial charge in [0.15, 0.2) is 0 Å². The molecule has 0 bridgehead atoms. The van der Waals surface area contributed by atoms with Crippen LogP contribution in [0.4, 0.5) is 5.69 Å². The van der Waals surface area contributed by atoms with Gasteiger partial charge in [-0.05, 0) is 49.7 Å². The number of hydrogen-bond acceptors (Lipinski definition) is 7. The fourth-order valence-electron chi connectivity index (χ4n) is 4.40. The molecule has 1 aliphatic rings. The van der Waals surface area contributed by atoms with Gasteiger partial charge < -0.3 is 14.2 Å². The first-order valence-electron chi connectivity index (χ1n) is 12.6. The van der Waals surface area contributed by atoms with Crippen molar-refractivity contribution in [1.29, 1.82) is 0 Å². The van der Waals surface area contributed by atoms with Gasteiger partial charge in [-0.15, -0.1) is 0 Å². The minimum atomic E-state index is -3.36. The van der Waals surface area contributed by atoms with Gasteiger partial charge in [0.2, 0.25) is 15.8 Å². The van der Waals surface area contributed by atoms with Crippen LogP contribution in [0.15, 0.2) is 78.2 Å². The van der Waals surface area contributed by atoms with E-state index >= 15 is 0 Å². The van der Waals surface area contributed by atoms with Crippen LogP contribution >= 0.6 is 11.6 Å². The summed E-state index contributed by atoms with van der Waals surface area (Å²) in [7, 11) is -3.36. The number of benzene rings is 2. The number of piperazine rings is 1. The molecule has 3 heterocycles. The van der Waals surface area contributed by atoms with Crippen molar-refractivity contribution >= 4 is 27.3 Å². The number of hydrogen-bond donors (Lipinski definition) is 0. The molecule has 0 unspecified atom stereocenters. The molecular formula is C27H29ClN6O4S. The molecule has 0 radical (unpaired) electrons. The van der Waals surface area contributed by atoms with Crippen LogP contribution in [0.2, 0.25) is 5.02 Å². The predicted molar refractivity (Wildman–Crippen MR) is 151 cm³/mol. The molecular weight excluding hydrogens is 540 g/mol. The maximum absolute atomic E-state index is 13.7. The minimum Gasteiger partial charge on any atom is -0.481 e. The number of anilines is 1. The molecule has 0 aliphatic carbocycles. The lowest BCUT2D eigenvalue weighted by Crippen LogP contribution is -2.50. The van der Waals surface area contributed by atoms with Gasteiger partial charge in [0, 0.05) is 49.3 Å². The van der Waals surface area contributed by atoms with Gasteiger partial charge in [-0.2, -0.15) is 14.1 Å². The summed E-state index contributed by atoms with van der Waals surface area (Å²) in [5, 5.41) is 4.39. The van der Waals surface area contributed by atoms with Crippen LogP contribution in [0.1, 0.15) is 19.4 Å². The van der Waals surface area contributed by atoms with E-state index in [-0.39, 0.29) is 12.4 Å². The number of rotatable bonds is 8. The second-order valence-electron chi connectivity index (χ2n) is 9.46. The van der Waals surface area contributed by atoms with Gasteiger partial charge in [-0.3, -0.25) is 4.79 Å². The summed E-state index contributed by atoms with van der Waals surface area (Å²) in [6, 6.07) is 14.6. The Labute approximate surface area is 232 Å². The highest BCUT2D eigenvalue weighted by molar-refractivity contribution is 7.89. The van der Waals surface area contributed by atoms with E-state index in [1.807, 2.05) is 39.9 Å². The number of aromatic nitrogens is 4. The van der Waals surface area contributed by atoms with Crippen LogP contribution in [-0.4, -0.2) is 63.5 Å². The molecule has 0 atom stereocenters. The molecule has 0 saturated carbocycles. The Morgan fingerprint density at radius 1 is 1.03 bits per heavy atom. The summed E-state index contributed by atoms with van der Waals surface area (Å²) in [6.07, 6.45) is 6.88. The summed E-state index contributed by atoms with van der Waals surface area (Å²) in [6.45, 7) is 4.95. The third-order valence-electron chi connectivity index (χ3n) is 6.62. The van der Waals surface area contributed by atoms with E-state index in [4.69, 9.17) is 16.3 Å². The molecule has 0 N–H and O–H groups in total. The Kier molecular flexibility index (Phi) is 7.74. The summed E-state index contributed by atoms with van der Waals surface area (Å²) in [5.41, 5.74) is 2.44. The molecule has 0 spiro atoms. The lowest BCUT2D eigenvalue weighted by molar-refractivity contribution is 0.297. The van der Waals surface area contributed by atoms with Crippen LogP contribution < -0.4 is 15.2 Å². The topological polar surface area (TPSA) is 103 Å². The van der Waals surface area contributed by atoms with Gasteiger partial charge in [0.05, 0.1) is 23.5 Å². The fourth-order valence-corrected chi connectivity index (χ4v) is 5.85. The molecule has 0 amide bonds. The van der Waals surface area contributed by atoms with Crippen molar-refractivity contribution < 1.29 is 13.2 Å². The average Bonchev–Trinajstić information content (AvgIpc) is 3.48. The number of halogens is 1. The van der Waals surface area contributed by atoms with Crippen LogP contribution in [0.5, 0.6) is 5.75 Å². The van der Waals surface area contributed by atoms with Crippen LogP contribution in [0, 0.1) is 0 Å². The first-order valence-corrected chi connectivity index (χ1v) is 14.4. The van der Waals surface area contributed by atoms with Crippen LogP contribution in [0.25, 0.3) is 11.4 Å². The molecule has 5 rings (SSSR count). The van der Waals surface area contributed by atoms with E-state index in [1.165, 1.54) is 8.99 Å². The Balaban J connectivity index is 1.43. The third-order valence-corrected chi connectivity index (χ3v) is 9.14. The van der Waals surface area contributed by atoms with Crippen molar-refractivity contribution in [3.63, 3.8) is 0 Å². The third kappa shape index (κ3) is 5.70. The van der Waals surface area contributed by atoms with Crippen LogP contribution in [-0.2, 0) is 16.6 Å². The highest BCUT2D eigenvalue weighted by Gasteiger charge is 2.31. The molecule has 10 nitrogen and oxygen atoms in total. The van der Waals surface area contributed by atoms with Crippen molar-refractivity contribution in [2.24, 2.45) is 0 Å². The van der Waals surface area contributed by atoms with E-state index in [1.54, 1.807) is 56.8 Å². The highest BCUT2D eigenvalue weighted by atomic mass is 35.5. The van der Waals surface area contributed by atoms with E-state index in [9.17, 15) is 13.2 Å². The van der Waals surface area contributed by atoms with E-state index in [0.717, 1.165) is 11.3 Å². The predicted octanol–water partition coefficient (Wildman–Crippen LogP) is 3.51. The van der Waals surface area contributed by atoms with Gasteiger partial charge >= 0.3 is 5.56 Å². The Bertz CT molecular complexity index is 1600. The number of nitrogens with zero attached hydrogens (tertiary/aromatic N) is 6. The van der Waals surface area contributed by atoms with Gasteiger partial charge in [0.25, 0.3) is 0 Å². The summed E-state index contributed by atoms with van der Waals surface area (Å²) in [4.78, 5) is 19.7.